The van der Waals surface area contributed by atoms with Gasteiger partial charge in [0.2, 0.25) is 0 Å². The number of nitriles is 1. The molecule has 0 amide bonds. The predicted molar refractivity (Wildman–Crippen MR) is 260 cm³/mol. The van der Waals surface area contributed by atoms with Crippen molar-refractivity contribution in [2.45, 2.75) is 0 Å². The predicted octanol–water partition coefficient (Wildman–Crippen LogP) is 16.5. The Kier molecular flexibility index (Phi) is 7.94. The van der Waals surface area contributed by atoms with E-state index in [0.717, 1.165) is 45.3 Å². The van der Waals surface area contributed by atoms with E-state index in [0.29, 0.717) is 11.3 Å². The molecule has 0 saturated carbocycles. The molecule has 12 rings (SSSR count). The van der Waals surface area contributed by atoms with Crippen molar-refractivity contribution in [1.82, 2.24) is 0 Å². The van der Waals surface area contributed by atoms with Crippen molar-refractivity contribution in [3.05, 3.63) is 223 Å². The maximum atomic E-state index is 9.61. The lowest BCUT2D eigenvalue weighted by Gasteiger charge is -2.27. The summed E-state index contributed by atoms with van der Waals surface area (Å²) in [6.07, 6.45) is 0. The molecular weight excluding hydrogens is 753 g/mol. The van der Waals surface area contributed by atoms with Crippen LogP contribution in [0.3, 0.4) is 0 Å². The van der Waals surface area contributed by atoms with E-state index in [1.54, 1.807) is 0 Å². The van der Waals surface area contributed by atoms with Gasteiger partial charge in [-0.05, 0) is 161 Å². The number of benzene rings is 12. The van der Waals surface area contributed by atoms with Crippen molar-refractivity contribution < 1.29 is 0 Å². The molecule has 0 radical (unpaired) electrons. The van der Waals surface area contributed by atoms with Gasteiger partial charge in [0, 0.05) is 34.1 Å². The first-order valence-corrected chi connectivity index (χ1v) is 20.7. The lowest BCUT2D eigenvalue weighted by Crippen LogP contribution is -2.10. The first-order chi connectivity index (χ1) is 30.6. The third kappa shape index (κ3) is 5.67. The Hall–Kier alpha value is -8.70. The van der Waals surface area contributed by atoms with E-state index in [-0.39, 0.29) is 0 Å². The standard InChI is InChI=1S/C58H34N4/c1-60-48-22-30-52(31-23-48)62(54-34-46-16-12-42-6-3-7-43-13-17-47(35-54)58(46)56(42)43)51-28-20-39(21-29-51)38-18-26-50(27-19-38)61(49-24-8-37(36-59)9-25-49)53-32-44-14-10-40-4-2-5-41-11-15-45(33-53)57(44)55(40)41/h2-35H. The number of rotatable bonds is 7. The molecule has 0 saturated heterocycles. The summed E-state index contributed by atoms with van der Waals surface area (Å²) >= 11 is 0. The summed E-state index contributed by atoms with van der Waals surface area (Å²) in [6.45, 7) is 7.57. The molecule has 4 nitrogen and oxygen atoms in total. The van der Waals surface area contributed by atoms with E-state index in [1.807, 2.05) is 48.5 Å². The van der Waals surface area contributed by atoms with Crippen LogP contribution in [0.5, 0.6) is 0 Å². The molecule has 12 aromatic carbocycles. The second-order valence-electron chi connectivity index (χ2n) is 16.0. The zero-order valence-electron chi connectivity index (χ0n) is 33.4. The first-order valence-electron chi connectivity index (χ1n) is 20.7. The normalized spacial score (nSPS) is 11.5. The summed E-state index contributed by atoms with van der Waals surface area (Å²) in [5.41, 5.74) is 9.55. The van der Waals surface area contributed by atoms with Gasteiger partial charge in [0.1, 0.15) is 0 Å². The van der Waals surface area contributed by atoms with Crippen LogP contribution >= 0.6 is 0 Å². The van der Waals surface area contributed by atoms with Crippen LogP contribution in [0.25, 0.3) is 80.6 Å². The highest BCUT2D eigenvalue weighted by atomic mass is 15.1. The molecule has 0 N–H and O–H groups in total. The van der Waals surface area contributed by atoms with Crippen molar-refractivity contribution in [2.75, 3.05) is 9.80 Å². The van der Waals surface area contributed by atoms with E-state index >= 15 is 0 Å². The Morgan fingerprint density at radius 3 is 0.984 bits per heavy atom. The van der Waals surface area contributed by atoms with E-state index < -0.39 is 0 Å². The summed E-state index contributed by atoms with van der Waals surface area (Å²) in [5.74, 6) is 0. The number of nitrogens with zero attached hydrogens (tertiary/aromatic N) is 4. The van der Waals surface area contributed by atoms with Crippen molar-refractivity contribution in [3.63, 3.8) is 0 Å². The van der Waals surface area contributed by atoms with E-state index in [1.165, 1.54) is 64.6 Å². The molecule has 0 heterocycles. The van der Waals surface area contributed by atoms with Crippen LogP contribution in [-0.4, -0.2) is 0 Å². The van der Waals surface area contributed by atoms with Gasteiger partial charge in [0.25, 0.3) is 0 Å². The van der Waals surface area contributed by atoms with Gasteiger partial charge in [0.15, 0.2) is 5.69 Å². The van der Waals surface area contributed by atoms with Crippen LogP contribution in [0.2, 0.25) is 0 Å². The van der Waals surface area contributed by atoms with Gasteiger partial charge in [-0.25, -0.2) is 4.85 Å². The molecule has 4 heteroatoms. The summed E-state index contributed by atoms with van der Waals surface area (Å²) < 4.78 is 0. The fourth-order valence-electron chi connectivity index (χ4n) is 9.59. The Labute approximate surface area is 358 Å². The minimum absolute atomic E-state index is 0.611. The number of hydrogen-bond acceptors (Lipinski definition) is 3. The van der Waals surface area contributed by atoms with Gasteiger partial charge in [-0.15, -0.1) is 0 Å². The quantitative estimate of drug-likeness (QED) is 0.119. The molecule has 12 aromatic rings. The molecule has 0 spiro atoms. The van der Waals surface area contributed by atoms with Gasteiger partial charge in [-0.1, -0.05) is 121 Å². The van der Waals surface area contributed by atoms with E-state index in [9.17, 15) is 5.26 Å². The van der Waals surface area contributed by atoms with Crippen molar-refractivity contribution in [2.24, 2.45) is 0 Å². The molecule has 0 bridgehead atoms. The molecule has 0 aliphatic heterocycles. The largest absolute Gasteiger partial charge is 0.311 e. The average Bonchev–Trinajstić information content (AvgIpc) is 3.33. The maximum absolute atomic E-state index is 9.61. The van der Waals surface area contributed by atoms with Crippen LogP contribution < -0.4 is 9.80 Å². The molecule has 0 fully saturated rings. The van der Waals surface area contributed by atoms with Crippen LogP contribution in [-0.2, 0) is 0 Å². The van der Waals surface area contributed by atoms with E-state index in [4.69, 9.17) is 6.57 Å². The molecule has 0 aliphatic carbocycles. The fourth-order valence-corrected chi connectivity index (χ4v) is 9.59. The molecule has 0 atom stereocenters. The zero-order chi connectivity index (χ0) is 41.3. The van der Waals surface area contributed by atoms with Crippen molar-refractivity contribution in [3.8, 4) is 17.2 Å². The minimum Gasteiger partial charge on any atom is -0.311 e. The topological polar surface area (TPSA) is 34.6 Å². The van der Waals surface area contributed by atoms with Gasteiger partial charge < -0.3 is 9.80 Å². The maximum Gasteiger partial charge on any atom is 0.187 e. The molecule has 0 aromatic heterocycles. The third-order valence-electron chi connectivity index (χ3n) is 12.5. The summed E-state index contributed by atoms with van der Waals surface area (Å²) in [5, 5.41) is 24.5. The lowest BCUT2D eigenvalue weighted by molar-refractivity contribution is 1.29. The number of anilines is 6. The molecule has 0 unspecified atom stereocenters. The fraction of sp³-hybridized carbons (Fsp3) is 0. The summed E-state index contributed by atoms with van der Waals surface area (Å²) in [7, 11) is 0. The average molecular weight is 787 g/mol. The molecule has 286 valence electrons. The van der Waals surface area contributed by atoms with E-state index in [2.05, 4.69) is 178 Å². The Balaban J connectivity index is 0.925. The third-order valence-corrected chi connectivity index (χ3v) is 12.5. The Bertz CT molecular complexity index is 3370. The zero-order valence-corrected chi connectivity index (χ0v) is 33.4. The van der Waals surface area contributed by atoms with Gasteiger partial charge >= 0.3 is 0 Å². The van der Waals surface area contributed by atoms with Crippen molar-refractivity contribution in [1.29, 1.82) is 5.26 Å². The van der Waals surface area contributed by atoms with Gasteiger partial charge in [-0.2, -0.15) is 5.26 Å². The molecule has 62 heavy (non-hydrogen) atoms. The summed E-state index contributed by atoms with van der Waals surface area (Å²) in [4.78, 5) is 8.21. The van der Waals surface area contributed by atoms with Crippen molar-refractivity contribution >= 4 is 104 Å². The van der Waals surface area contributed by atoms with Crippen LogP contribution in [0.1, 0.15) is 5.56 Å². The second-order valence-corrected chi connectivity index (χ2v) is 16.0. The van der Waals surface area contributed by atoms with Gasteiger partial charge in [-0.3, -0.25) is 0 Å². The van der Waals surface area contributed by atoms with Crippen LogP contribution in [0.4, 0.5) is 39.8 Å². The molecular formula is C58H34N4. The SMILES string of the molecule is [C-]#[N+]c1ccc(N(c2ccc(-c3ccc(N(c4ccc(C#N)cc4)c4cc5ccc6cccc7ccc(c4)c5c67)cc3)cc2)c2cc3ccc4cccc5ccc(c2)c3c45)cc1. The minimum atomic E-state index is 0.611. The lowest BCUT2D eigenvalue weighted by atomic mass is 9.93. The Morgan fingerprint density at radius 2 is 0.645 bits per heavy atom. The highest BCUT2D eigenvalue weighted by Gasteiger charge is 2.19. The first kappa shape index (κ1) is 35.3. The van der Waals surface area contributed by atoms with Crippen LogP contribution in [0.15, 0.2) is 206 Å². The number of hydrogen-bond donors (Lipinski definition) is 0. The Morgan fingerprint density at radius 1 is 0.339 bits per heavy atom. The van der Waals surface area contributed by atoms with Gasteiger partial charge in [0.05, 0.1) is 18.2 Å². The monoisotopic (exact) mass is 786 g/mol. The smallest absolute Gasteiger partial charge is 0.187 e. The highest BCUT2D eigenvalue weighted by Crippen LogP contribution is 2.44. The highest BCUT2D eigenvalue weighted by molar-refractivity contribution is 6.25. The molecule has 0 aliphatic rings. The second kappa shape index (κ2) is 14.0. The van der Waals surface area contributed by atoms with Crippen LogP contribution in [0, 0.1) is 17.9 Å². The summed E-state index contributed by atoms with van der Waals surface area (Å²) in [6, 6.07) is 75.3.